The van der Waals surface area contributed by atoms with E-state index in [1.807, 2.05) is 56.1 Å². The highest BCUT2D eigenvalue weighted by Crippen LogP contribution is 2.38. The number of amides is 2. The summed E-state index contributed by atoms with van der Waals surface area (Å²) in [7, 11) is -0.363. The van der Waals surface area contributed by atoms with Crippen LogP contribution in [0.15, 0.2) is 42.5 Å². The predicted molar refractivity (Wildman–Crippen MR) is 154 cm³/mol. The van der Waals surface area contributed by atoms with Crippen LogP contribution in [0.25, 0.3) is 0 Å². The number of sulfonamides is 1. The molecule has 40 heavy (non-hydrogen) atoms. The molecule has 4 rings (SSSR count). The van der Waals surface area contributed by atoms with Crippen LogP contribution in [0, 0.1) is 11.8 Å². The number of hydrogen-bond donors (Lipinski definition) is 3. The first-order valence-corrected chi connectivity index (χ1v) is 15.3. The van der Waals surface area contributed by atoms with Gasteiger partial charge in [-0.3, -0.25) is 19.2 Å². The molecular formula is C28H40N6O5S. The normalized spacial score (nSPS) is 22.6. The lowest BCUT2D eigenvalue weighted by molar-refractivity contribution is -0.133. The number of nitrogens with one attached hydrogen (secondary N) is 2. The van der Waals surface area contributed by atoms with Crippen molar-refractivity contribution in [3.63, 3.8) is 0 Å². The summed E-state index contributed by atoms with van der Waals surface area (Å²) in [5.41, 5.74) is 0.478. The minimum Gasteiger partial charge on any atom is -0.389 e. The molecule has 0 radical (unpaired) electrons. The smallest absolute Gasteiger partial charge is 0.251 e. The average Bonchev–Trinajstić information content (AvgIpc) is 3.55. The maximum absolute atomic E-state index is 13.2. The first kappa shape index (κ1) is 29.8. The Balaban J connectivity index is 1.47. The summed E-state index contributed by atoms with van der Waals surface area (Å²) in [5, 5.41) is 16.8. The monoisotopic (exact) mass is 572 g/mol. The zero-order chi connectivity index (χ0) is 29.4. The van der Waals surface area contributed by atoms with E-state index in [1.165, 1.54) is 13.1 Å². The maximum Gasteiger partial charge on any atom is 0.251 e. The van der Waals surface area contributed by atoms with Gasteiger partial charge < -0.3 is 20.2 Å². The molecule has 1 aliphatic heterocycles. The standard InChI is InChI=1S/C28H40N6O5S/c1-18-12-21(18)17-32(4)23-13-20(14-24(30-23)33(5)40(6,38)39)26(36)29-15-22(35)25-27(37)34(28(2,3)31-25)16-19-10-8-7-9-11-19/h7-11,13-14,18,21-22,25,31,35H,12,15-17H2,1-6H3,(H,29,36)/t18-,21?,22?,25?/m0/s1. The lowest BCUT2D eigenvalue weighted by Gasteiger charge is -2.31. The van der Waals surface area contributed by atoms with Crippen LogP contribution in [0.4, 0.5) is 11.6 Å². The Hall–Kier alpha value is -3.22. The van der Waals surface area contributed by atoms with E-state index in [0.717, 1.165) is 29.1 Å². The van der Waals surface area contributed by atoms with Crippen LogP contribution in [-0.4, -0.2) is 86.5 Å². The van der Waals surface area contributed by atoms with Gasteiger partial charge >= 0.3 is 0 Å². The summed E-state index contributed by atoms with van der Waals surface area (Å²) < 4.78 is 25.4. The molecule has 11 nitrogen and oxygen atoms in total. The average molecular weight is 573 g/mol. The van der Waals surface area contributed by atoms with Crippen molar-refractivity contribution in [1.82, 2.24) is 20.5 Å². The first-order valence-electron chi connectivity index (χ1n) is 13.4. The molecule has 12 heteroatoms. The van der Waals surface area contributed by atoms with E-state index >= 15 is 0 Å². The quantitative estimate of drug-likeness (QED) is 0.368. The van der Waals surface area contributed by atoms with Gasteiger partial charge in [0.2, 0.25) is 15.9 Å². The molecule has 3 unspecified atom stereocenters. The topological polar surface area (TPSA) is 135 Å². The highest BCUT2D eigenvalue weighted by atomic mass is 32.2. The largest absolute Gasteiger partial charge is 0.389 e. The predicted octanol–water partition coefficient (Wildman–Crippen LogP) is 1.40. The van der Waals surface area contributed by atoms with Gasteiger partial charge in [0.05, 0.1) is 18.0 Å². The van der Waals surface area contributed by atoms with Gasteiger partial charge in [0.25, 0.3) is 5.91 Å². The number of nitrogens with zero attached hydrogens (tertiary/aromatic N) is 4. The van der Waals surface area contributed by atoms with E-state index in [1.54, 1.807) is 11.0 Å². The van der Waals surface area contributed by atoms with Gasteiger partial charge in [0, 0.05) is 39.3 Å². The van der Waals surface area contributed by atoms with Crippen LogP contribution in [-0.2, 0) is 21.4 Å². The van der Waals surface area contributed by atoms with Crippen molar-refractivity contribution in [3.05, 3.63) is 53.6 Å². The third kappa shape index (κ3) is 6.73. The number of pyridine rings is 1. The molecule has 3 N–H and O–H groups in total. The van der Waals surface area contributed by atoms with Gasteiger partial charge in [0.1, 0.15) is 17.7 Å². The van der Waals surface area contributed by atoms with Crippen LogP contribution in [0.3, 0.4) is 0 Å². The molecule has 218 valence electrons. The Morgan fingerprint density at radius 3 is 2.45 bits per heavy atom. The molecule has 1 aliphatic carbocycles. The molecule has 2 aromatic rings. The summed E-state index contributed by atoms with van der Waals surface area (Å²) in [6, 6.07) is 11.7. The molecule has 1 saturated heterocycles. The molecule has 2 aliphatic rings. The fraction of sp³-hybridized carbons (Fsp3) is 0.536. The van der Waals surface area contributed by atoms with Crippen molar-refractivity contribution in [3.8, 4) is 0 Å². The molecule has 0 bridgehead atoms. The molecule has 0 spiro atoms. The van der Waals surface area contributed by atoms with Crippen molar-refractivity contribution < 1.29 is 23.1 Å². The lowest BCUT2D eigenvalue weighted by atomic mass is 10.1. The second-order valence-corrected chi connectivity index (χ2v) is 13.5. The molecule has 4 atom stereocenters. The SMILES string of the molecule is C[C@H]1CC1CN(C)c1cc(C(=O)NCC(O)C2NC(C)(C)N(Cc3ccccc3)C2=O)cc(N(C)S(C)(=O)=O)n1. The number of aromatic nitrogens is 1. The minimum atomic E-state index is -3.61. The fourth-order valence-electron chi connectivity index (χ4n) is 4.94. The summed E-state index contributed by atoms with van der Waals surface area (Å²) in [4.78, 5) is 34.6. The van der Waals surface area contributed by atoms with Crippen molar-refractivity contribution in [1.29, 1.82) is 0 Å². The molecule has 1 aromatic carbocycles. The van der Waals surface area contributed by atoms with E-state index in [-0.39, 0.29) is 23.8 Å². The fourth-order valence-corrected chi connectivity index (χ4v) is 5.37. The molecular weight excluding hydrogens is 532 g/mol. The van der Waals surface area contributed by atoms with E-state index < -0.39 is 33.7 Å². The van der Waals surface area contributed by atoms with Gasteiger partial charge in [-0.05, 0) is 49.8 Å². The number of carbonyl (C=O) groups excluding carboxylic acids is 2. The highest BCUT2D eigenvalue weighted by Gasteiger charge is 2.47. The van der Waals surface area contributed by atoms with Crippen LogP contribution < -0.4 is 19.8 Å². The second-order valence-electron chi connectivity index (χ2n) is 11.5. The third-order valence-corrected chi connectivity index (χ3v) is 8.99. The number of aliphatic hydroxyl groups excluding tert-OH is 1. The molecule has 1 aromatic heterocycles. The zero-order valence-corrected chi connectivity index (χ0v) is 24.8. The van der Waals surface area contributed by atoms with Crippen LogP contribution in [0.5, 0.6) is 0 Å². The van der Waals surface area contributed by atoms with Crippen molar-refractivity contribution in [2.45, 2.75) is 51.5 Å². The zero-order valence-electron chi connectivity index (χ0n) is 24.0. The molecule has 2 amide bonds. The van der Waals surface area contributed by atoms with Crippen LogP contribution in [0.2, 0.25) is 0 Å². The van der Waals surface area contributed by atoms with Gasteiger partial charge in [0.15, 0.2) is 0 Å². The molecule has 2 fully saturated rings. The second kappa shape index (κ2) is 11.3. The van der Waals surface area contributed by atoms with Crippen molar-refractivity contribution >= 4 is 33.5 Å². The third-order valence-electron chi connectivity index (χ3n) is 7.81. The van der Waals surface area contributed by atoms with E-state index in [9.17, 15) is 23.1 Å². The Morgan fingerprint density at radius 1 is 1.23 bits per heavy atom. The van der Waals surface area contributed by atoms with Crippen molar-refractivity contribution in [2.24, 2.45) is 11.8 Å². The van der Waals surface area contributed by atoms with Crippen LogP contribution >= 0.6 is 0 Å². The first-order chi connectivity index (χ1) is 18.7. The Morgan fingerprint density at radius 2 is 1.85 bits per heavy atom. The van der Waals surface area contributed by atoms with E-state index in [0.29, 0.717) is 24.2 Å². The Bertz CT molecular complexity index is 1350. The number of hydrogen-bond acceptors (Lipinski definition) is 8. The van der Waals surface area contributed by atoms with Crippen LogP contribution in [0.1, 0.15) is 43.1 Å². The van der Waals surface area contributed by atoms with E-state index in [4.69, 9.17) is 0 Å². The van der Waals surface area contributed by atoms with Crippen molar-refractivity contribution in [2.75, 3.05) is 42.6 Å². The van der Waals surface area contributed by atoms with Gasteiger partial charge in [-0.25, -0.2) is 13.4 Å². The highest BCUT2D eigenvalue weighted by molar-refractivity contribution is 7.92. The summed E-state index contributed by atoms with van der Waals surface area (Å²) in [6.07, 6.45) is 1.00. The van der Waals surface area contributed by atoms with Gasteiger partial charge in [-0.2, -0.15) is 0 Å². The Kier molecular flexibility index (Phi) is 8.44. The summed E-state index contributed by atoms with van der Waals surface area (Å²) in [6.45, 7) is 6.87. The van der Waals surface area contributed by atoms with Gasteiger partial charge in [-0.15, -0.1) is 0 Å². The maximum atomic E-state index is 13.2. The lowest BCUT2D eigenvalue weighted by Crippen LogP contribution is -2.50. The number of benzene rings is 1. The number of anilines is 2. The minimum absolute atomic E-state index is 0.118. The Labute approximate surface area is 236 Å². The number of aliphatic hydroxyl groups is 1. The molecule has 2 heterocycles. The van der Waals surface area contributed by atoms with E-state index in [2.05, 4.69) is 22.5 Å². The number of rotatable bonds is 11. The van der Waals surface area contributed by atoms with Gasteiger partial charge in [-0.1, -0.05) is 37.3 Å². The molecule has 1 saturated carbocycles. The summed E-state index contributed by atoms with van der Waals surface area (Å²) >= 11 is 0. The summed E-state index contributed by atoms with van der Waals surface area (Å²) in [5.74, 6) is 0.975. The number of carbonyl (C=O) groups is 2.